The summed E-state index contributed by atoms with van der Waals surface area (Å²) in [6, 6.07) is 14.5. The molecule has 1 heterocycles. The quantitative estimate of drug-likeness (QED) is 0.785. The average molecular weight is 349 g/mol. The Morgan fingerprint density at radius 3 is 2.50 bits per heavy atom. The van der Waals surface area contributed by atoms with E-state index in [1.807, 2.05) is 24.3 Å². The number of amidine groups is 1. The van der Waals surface area contributed by atoms with Crippen molar-refractivity contribution in [2.24, 2.45) is 4.99 Å². The van der Waals surface area contributed by atoms with E-state index in [0.29, 0.717) is 25.8 Å². The third-order valence-corrected chi connectivity index (χ3v) is 4.37. The van der Waals surface area contributed by atoms with Crippen LogP contribution in [0.3, 0.4) is 0 Å². The minimum atomic E-state index is -0.175. The number of aliphatic imine (C=N–C) groups is 1. The normalized spacial score (nSPS) is 18.0. The van der Waals surface area contributed by atoms with E-state index in [2.05, 4.69) is 10.3 Å². The van der Waals surface area contributed by atoms with Gasteiger partial charge in [0.05, 0.1) is 15.6 Å². The van der Waals surface area contributed by atoms with Crippen molar-refractivity contribution >= 4 is 57.8 Å². The van der Waals surface area contributed by atoms with Gasteiger partial charge in [-0.2, -0.15) is 0 Å². The molecular formula is C16H10Cl2N2OS. The molecule has 1 aliphatic heterocycles. The van der Waals surface area contributed by atoms with E-state index < -0.39 is 0 Å². The highest BCUT2D eigenvalue weighted by Gasteiger charge is 2.23. The van der Waals surface area contributed by atoms with Crippen molar-refractivity contribution in [3.05, 3.63) is 69.0 Å². The number of para-hydroxylation sites is 1. The summed E-state index contributed by atoms with van der Waals surface area (Å²) in [5, 5.41) is 4.45. The highest BCUT2D eigenvalue weighted by atomic mass is 35.5. The van der Waals surface area contributed by atoms with Gasteiger partial charge < -0.3 is 5.32 Å². The third-order valence-electron chi connectivity index (χ3n) is 2.89. The van der Waals surface area contributed by atoms with E-state index >= 15 is 0 Å². The summed E-state index contributed by atoms with van der Waals surface area (Å²) in [4.78, 5) is 16.9. The summed E-state index contributed by atoms with van der Waals surface area (Å²) >= 11 is 13.2. The zero-order valence-electron chi connectivity index (χ0n) is 11.2. The van der Waals surface area contributed by atoms with Crippen LogP contribution in [0.4, 0.5) is 5.69 Å². The second-order valence-corrected chi connectivity index (χ2v) is 6.36. The van der Waals surface area contributed by atoms with Gasteiger partial charge in [-0.1, -0.05) is 47.5 Å². The number of rotatable bonds is 2. The van der Waals surface area contributed by atoms with Crippen LogP contribution in [0.1, 0.15) is 5.56 Å². The number of hydrogen-bond donors (Lipinski definition) is 1. The molecule has 22 heavy (non-hydrogen) atoms. The van der Waals surface area contributed by atoms with Crippen LogP contribution in [0.5, 0.6) is 0 Å². The van der Waals surface area contributed by atoms with Gasteiger partial charge in [-0.15, -0.1) is 0 Å². The molecule has 1 N–H and O–H groups in total. The number of nitrogens with zero attached hydrogens (tertiary/aromatic N) is 1. The summed E-state index contributed by atoms with van der Waals surface area (Å²) in [5.41, 5.74) is 1.53. The lowest BCUT2D eigenvalue weighted by Gasteiger charge is -1.98. The zero-order valence-corrected chi connectivity index (χ0v) is 13.5. The van der Waals surface area contributed by atoms with Crippen LogP contribution in [0.15, 0.2) is 58.4 Å². The Labute approximate surface area is 142 Å². The fourth-order valence-corrected chi connectivity index (χ4v) is 2.98. The molecule has 0 spiro atoms. The summed E-state index contributed by atoms with van der Waals surface area (Å²) in [6.45, 7) is 0. The van der Waals surface area contributed by atoms with Crippen molar-refractivity contribution < 1.29 is 4.79 Å². The number of nitrogens with one attached hydrogen (secondary N) is 1. The number of halogens is 2. The van der Waals surface area contributed by atoms with Gasteiger partial charge in [-0.05, 0) is 47.7 Å². The predicted octanol–water partition coefficient (Wildman–Crippen LogP) is 4.89. The van der Waals surface area contributed by atoms with Gasteiger partial charge in [0.15, 0.2) is 5.17 Å². The van der Waals surface area contributed by atoms with Gasteiger partial charge in [0, 0.05) is 5.02 Å². The molecule has 1 fully saturated rings. The van der Waals surface area contributed by atoms with E-state index in [0.717, 1.165) is 5.56 Å². The van der Waals surface area contributed by atoms with Crippen LogP contribution in [0.2, 0.25) is 10.0 Å². The third kappa shape index (κ3) is 3.53. The lowest BCUT2D eigenvalue weighted by molar-refractivity contribution is -0.115. The monoisotopic (exact) mass is 348 g/mol. The molecule has 1 aliphatic rings. The van der Waals surface area contributed by atoms with Crippen LogP contribution >= 0.6 is 35.0 Å². The molecule has 3 rings (SSSR count). The highest BCUT2D eigenvalue weighted by Crippen LogP contribution is 2.30. The average Bonchev–Trinajstić information content (AvgIpc) is 2.84. The number of benzene rings is 2. The van der Waals surface area contributed by atoms with Crippen LogP contribution in [-0.2, 0) is 4.79 Å². The first-order valence-corrected chi connectivity index (χ1v) is 7.99. The van der Waals surface area contributed by atoms with E-state index in [-0.39, 0.29) is 5.91 Å². The van der Waals surface area contributed by atoms with Gasteiger partial charge in [0.1, 0.15) is 0 Å². The SMILES string of the molecule is O=C1NC(=Nc2ccccc2Cl)S/C1=C/c1ccc(Cl)cc1. The van der Waals surface area contributed by atoms with E-state index in [1.54, 1.807) is 30.3 Å². The number of carbonyl (C=O) groups is 1. The van der Waals surface area contributed by atoms with Gasteiger partial charge >= 0.3 is 0 Å². The minimum Gasteiger partial charge on any atom is -0.300 e. The Hall–Kier alpha value is -1.75. The molecule has 1 saturated heterocycles. The summed E-state index contributed by atoms with van der Waals surface area (Å²) in [5.74, 6) is -0.175. The lowest BCUT2D eigenvalue weighted by atomic mass is 10.2. The van der Waals surface area contributed by atoms with Gasteiger partial charge in [0.2, 0.25) is 0 Å². The van der Waals surface area contributed by atoms with Gasteiger partial charge in [-0.25, -0.2) is 4.99 Å². The van der Waals surface area contributed by atoms with Crippen LogP contribution in [0, 0.1) is 0 Å². The smallest absolute Gasteiger partial charge is 0.264 e. The Balaban J connectivity index is 1.84. The predicted molar refractivity (Wildman–Crippen MR) is 93.7 cm³/mol. The molecule has 110 valence electrons. The van der Waals surface area contributed by atoms with Crippen molar-refractivity contribution in [3.63, 3.8) is 0 Å². The van der Waals surface area contributed by atoms with Crippen molar-refractivity contribution in [1.82, 2.24) is 5.32 Å². The Morgan fingerprint density at radius 1 is 1.05 bits per heavy atom. The number of thioether (sulfide) groups is 1. The first-order chi connectivity index (χ1) is 10.6. The molecule has 0 atom stereocenters. The molecule has 1 amide bonds. The molecule has 3 nitrogen and oxygen atoms in total. The van der Waals surface area contributed by atoms with Crippen molar-refractivity contribution in [1.29, 1.82) is 0 Å². The fraction of sp³-hybridized carbons (Fsp3) is 0. The van der Waals surface area contributed by atoms with Crippen LogP contribution in [0.25, 0.3) is 6.08 Å². The maximum absolute atomic E-state index is 12.0. The molecule has 2 aromatic carbocycles. The fourth-order valence-electron chi connectivity index (χ4n) is 1.84. The molecule has 0 aromatic heterocycles. The summed E-state index contributed by atoms with van der Waals surface area (Å²) in [7, 11) is 0. The molecule has 0 radical (unpaired) electrons. The Kier molecular flexibility index (Phi) is 4.52. The second-order valence-electron chi connectivity index (χ2n) is 4.48. The van der Waals surface area contributed by atoms with Crippen molar-refractivity contribution in [3.8, 4) is 0 Å². The van der Waals surface area contributed by atoms with E-state index in [9.17, 15) is 4.79 Å². The Bertz CT molecular complexity index is 785. The van der Waals surface area contributed by atoms with E-state index in [1.165, 1.54) is 11.8 Å². The largest absolute Gasteiger partial charge is 0.300 e. The topological polar surface area (TPSA) is 41.5 Å². The van der Waals surface area contributed by atoms with Crippen LogP contribution in [-0.4, -0.2) is 11.1 Å². The molecular weight excluding hydrogens is 339 g/mol. The molecule has 0 unspecified atom stereocenters. The Morgan fingerprint density at radius 2 is 1.77 bits per heavy atom. The van der Waals surface area contributed by atoms with Gasteiger partial charge in [0.25, 0.3) is 5.91 Å². The molecule has 6 heteroatoms. The zero-order chi connectivity index (χ0) is 15.5. The standard InChI is InChI=1S/C16H10Cl2N2OS/c17-11-7-5-10(6-8-11)9-14-15(21)20-16(22-14)19-13-4-2-1-3-12(13)18/h1-9H,(H,19,20,21)/b14-9+. The summed E-state index contributed by atoms with van der Waals surface area (Å²) < 4.78 is 0. The minimum absolute atomic E-state index is 0.175. The first kappa shape index (κ1) is 15.2. The van der Waals surface area contributed by atoms with Crippen molar-refractivity contribution in [2.45, 2.75) is 0 Å². The number of hydrogen-bond acceptors (Lipinski definition) is 3. The summed E-state index contributed by atoms with van der Waals surface area (Å²) in [6.07, 6.45) is 1.80. The number of amides is 1. The van der Waals surface area contributed by atoms with E-state index in [4.69, 9.17) is 23.2 Å². The lowest BCUT2D eigenvalue weighted by Crippen LogP contribution is -2.19. The van der Waals surface area contributed by atoms with Crippen molar-refractivity contribution in [2.75, 3.05) is 0 Å². The second kappa shape index (κ2) is 6.57. The molecule has 0 aliphatic carbocycles. The molecule has 0 saturated carbocycles. The van der Waals surface area contributed by atoms with Crippen LogP contribution < -0.4 is 5.32 Å². The van der Waals surface area contributed by atoms with Gasteiger partial charge in [-0.3, -0.25) is 4.79 Å². The molecule has 2 aromatic rings. The molecule has 0 bridgehead atoms. The number of carbonyl (C=O) groups excluding carboxylic acids is 1. The first-order valence-electron chi connectivity index (χ1n) is 6.41. The maximum atomic E-state index is 12.0. The highest BCUT2D eigenvalue weighted by molar-refractivity contribution is 8.18. The maximum Gasteiger partial charge on any atom is 0.264 e.